The highest BCUT2D eigenvalue weighted by molar-refractivity contribution is 5.76. The van der Waals surface area contributed by atoms with E-state index in [1.165, 1.54) is 6.92 Å². The summed E-state index contributed by atoms with van der Waals surface area (Å²) >= 11 is 0. The SMILES string of the molecule is CC(=O)NC1C(O)[C@@H](O)C(CO)O[C@@H]1OC1C(O[C@@H]2OC(C)[C@@H](O)C(O)C2O)[C@H](OCCCNC(=O)CCCCC(N)=O)OC(CO)[C@@H]1O. The van der Waals surface area contributed by atoms with Crippen molar-refractivity contribution < 1.29 is 83.7 Å². The van der Waals surface area contributed by atoms with Crippen LogP contribution in [0.4, 0.5) is 0 Å². The van der Waals surface area contributed by atoms with Crippen molar-refractivity contribution >= 4 is 17.7 Å². The molecule has 9 unspecified atom stereocenters. The van der Waals surface area contributed by atoms with Gasteiger partial charge in [-0.15, -0.1) is 0 Å². The molecule has 12 N–H and O–H groups in total. The summed E-state index contributed by atoms with van der Waals surface area (Å²) in [6.07, 6.45) is -20.3. The monoisotopic (exact) mass is 713 g/mol. The predicted octanol–water partition coefficient (Wildman–Crippen LogP) is -5.83. The van der Waals surface area contributed by atoms with Gasteiger partial charge in [0.2, 0.25) is 17.7 Å². The van der Waals surface area contributed by atoms with Gasteiger partial charge in [-0.2, -0.15) is 0 Å². The third-order valence-electron chi connectivity index (χ3n) is 8.44. The molecule has 0 aromatic carbocycles. The van der Waals surface area contributed by atoms with E-state index in [1.807, 2.05) is 0 Å². The number of unbranched alkanes of at least 4 members (excludes halogenated alkanes) is 1. The summed E-state index contributed by atoms with van der Waals surface area (Å²) < 4.78 is 34.9. The number of nitrogens with two attached hydrogens (primary N) is 1. The van der Waals surface area contributed by atoms with Crippen LogP contribution in [0.1, 0.15) is 46.0 Å². The van der Waals surface area contributed by atoms with Crippen molar-refractivity contribution in [2.24, 2.45) is 5.73 Å². The Hall–Kier alpha value is -2.15. The van der Waals surface area contributed by atoms with E-state index in [-0.39, 0.29) is 38.3 Å². The van der Waals surface area contributed by atoms with Gasteiger partial charge in [-0.3, -0.25) is 14.4 Å². The molecular weight excluding hydrogens is 662 g/mol. The summed E-state index contributed by atoms with van der Waals surface area (Å²) in [7, 11) is 0. The Morgan fingerprint density at radius 3 is 1.96 bits per heavy atom. The van der Waals surface area contributed by atoms with Crippen LogP contribution in [0.15, 0.2) is 0 Å². The van der Waals surface area contributed by atoms with E-state index in [0.717, 1.165) is 6.92 Å². The molecule has 3 rings (SSSR count). The first kappa shape index (κ1) is 41.3. The van der Waals surface area contributed by atoms with Crippen molar-refractivity contribution in [1.29, 1.82) is 0 Å². The minimum atomic E-state index is -1.81. The summed E-state index contributed by atoms with van der Waals surface area (Å²) in [5.74, 6) is -1.36. The number of rotatable bonds is 17. The largest absolute Gasteiger partial charge is 0.394 e. The fourth-order valence-corrected chi connectivity index (χ4v) is 5.67. The summed E-state index contributed by atoms with van der Waals surface area (Å²) in [6.45, 7) is 1.09. The molecule has 0 aromatic rings. The second-order valence-electron chi connectivity index (χ2n) is 12.3. The van der Waals surface area contributed by atoms with E-state index in [1.54, 1.807) is 0 Å². The summed E-state index contributed by atoms with van der Waals surface area (Å²) in [5, 5.41) is 88.6. The van der Waals surface area contributed by atoms with Gasteiger partial charge in [0, 0.05) is 26.3 Å². The summed E-state index contributed by atoms with van der Waals surface area (Å²) in [4.78, 5) is 35.0. The molecule has 0 aromatic heterocycles. The van der Waals surface area contributed by atoms with Crippen LogP contribution < -0.4 is 16.4 Å². The number of aliphatic hydroxyl groups is 8. The van der Waals surface area contributed by atoms with Crippen LogP contribution in [0.5, 0.6) is 0 Å². The fraction of sp³-hybridized carbons (Fsp3) is 0.897. The lowest BCUT2D eigenvalue weighted by Crippen LogP contribution is -2.68. The molecule has 15 atom stereocenters. The van der Waals surface area contributed by atoms with Crippen LogP contribution in [-0.2, 0) is 42.8 Å². The molecule has 3 aliphatic rings. The number of aliphatic hydroxyl groups excluding tert-OH is 8. The van der Waals surface area contributed by atoms with Gasteiger partial charge >= 0.3 is 0 Å². The van der Waals surface area contributed by atoms with Gasteiger partial charge in [-0.05, 0) is 26.2 Å². The Morgan fingerprint density at radius 2 is 1.33 bits per heavy atom. The number of carbonyl (C=O) groups is 3. The van der Waals surface area contributed by atoms with Crippen LogP contribution >= 0.6 is 0 Å². The van der Waals surface area contributed by atoms with Crippen LogP contribution in [0.25, 0.3) is 0 Å². The highest BCUT2D eigenvalue weighted by atomic mass is 16.8. The van der Waals surface area contributed by atoms with Crippen LogP contribution in [0.2, 0.25) is 0 Å². The highest BCUT2D eigenvalue weighted by Crippen LogP contribution is 2.33. The number of amides is 3. The molecule has 3 saturated heterocycles. The van der Waals surface area contributed by atoms with E-state index in [4.69, 9.17) is 34.2 Å². The highest BCUT2D eigenvalue weighted by Gasteiger charge is 2.54. The third-order valence-corrected chi connectivity index (χ3v) is 8.44. The van der Waals surface area contributed by atoms with E-state index in [0.29, 0.717) is 12.8 Å². The second-order valence-corrected chi connectivity index (χ2v) is 12.3. The first-order valence-corrected chi connectivity index (χ1v) is 16.2. The standard InChI is InChI=1S/C29H51N3O17/c1-12-19(38)23(42)24(43)28(45-12)49-26-25(48-27-18(32-13(2)35)22(41)20(39)14(10-33)46-27)21(40)15(11-34)47-29(26)44-9-5-8-31-17(37)7-4-3-6-16(30)36/h12,14-15,18-29,33-34,38-43H,3-11H2,1-2H3,(H2,30,36)(H,31,37)(H,32,35)/t12?,14?,15?,18?,19-,20+,21+,22?,23?,24?,25?,26?,27-,28+,29-/m1/s1. The fourth-order valence-electron chi connectivity index (χ4n) is 5.67. The van der Waals surface area contributed by atoms with Crippen molar-refractivity contribution in [2.45, 2.75) is 138 Å². The smallest absolute Gasteiger partial charge is 0.219 e. The normalized spacial score (nSPS) is 39.7. The maximum atomic E-state index is 12.1. The number of carbonyl (C=O) groups excluding carboxylic acids is 3. The maximum absolute atomic E-state index is 12.1. The molecule has 3 aliphatic heterocycles. The first-order valence-electron chi connectivity index (χ1n) is 16.2. The molecule has 49 heavy (non-hydrogen) atoms. The minimum absolute atomic E-state index is 0.0921. The summed E-state index contributed by atoms with van der Waals surface area (Å²) in [5.41, 5.74) is 5.10. The van der Waals surface area contributed by atoms with Gasteiger partial charge in [-0.25, -0.2) is 0 Å². The predicted molar refractivity (Wildman–Crippen MR) is 160 cm³/mol. The molecule has 0 bridgehead atoms. The number of nitrogens with one attached hydrogen (secondary N) is 2. The number of ether oxygens (including phenoxy) is 6. The second kappa shape index (κ2) is 19.5. The molecule has 3 heterocycles. The molecule has 0 radical (unpaired) electrons. The van der Waals surface area contributed by atoms with Crippen molar-refractivity contribution in [3.05, 3.63) is 0 Å². The first-order chi connectivity index (χ1) is 23.2. The van der Waals surface area contributed by atoms with Crippen molar-refractivity contribution in [2.75, 3.05) is 26.4 Å². The molecule has 0 aliphatic carbocycles. The van der Waals surface area contributed by atoms with Crippen molar-refractivity contribution in [3.63, 3.8) is 0 Å². The van der Waals surface area contributed by atoms with E-state index in [2.05, 4.69) is 10.6 Å². The molecule has 20 heteroatoms. The zero-order chi connectivity index (χ0) is 36.4. The lowest BCUT2D eigenvalue weighted by atomic mass is 9.95. The molecule has 284 valence electrons. The third kappa shape index (κ3) is 11.2. The average molecular weight is 714 g/mol. The number of primary amides is 1. The number of hydrogen-bond acceptors (Lipinski definition) is 17. The van der Waals surface area contributed by atoms with Gasteiger partial charge < -0.3 is 85.6 Å². The Kier molecular flexibility index (Phi) is 16.4. The Bertz CT molecular complexity index is 1060. The van der Waals surface area contributed by atoms with Crippen LogP contribution in [0, 0.1) is 0 Å². The zero-order valence-electron chi connectivity index (χ0n) is 27.4. The molecule has 0 saturated carbocycles. The molecule has 3 amide bonds. The molecule has 3 fully saturated rings. The van der Waals surface area contributed by atoms with E-state index < -0.39 is 117 Å². The van der Waals surface area contributed by atoms with Crippen molar-refractivity contribution in [1.82, 2.24) is 10.6 Å². The Balaban J connectivity index is 1.81. The lowest BCUT2D eigenvalue weighted by Gasteiger charge is -2.49. The molecule has 0 spiro atoms. The van der Waals surface area contributed by atoms with Gasteiger partial charge in [0.25, 0.3) is 0 Å². The minimum Gasteiger partial charge on any atom is -0.394 e. The van der Waals surface area contributed by atoms with E-state index >= 15 is 0 Å². The number of hydrogen-bond donors (Lipinski definition) is 11. The van der Waals surface area contributed by atoms with E-state index in [9.17, 15) is 55.2 Å². The average Bonchev–Trinajstić information content (AvgIpc) is 3.05. The van der Waals surface area contributed by atoms with Gasteiger partial charge in [-0.1, -0.05) is 0 Å². The van der Waals surface area contributed by atoms with Crippen LogP contribution in [0.3, 0.4) is 0 Å². The Morgan fingerprint density at radius 1 is 0.714 bits per heavy atom. The lowest BCUT2D eigenvalue weighted by molar-refractivity contribution is -0.385. The van der Waals surface area contributed by atoms with Gasteiger partial charge in [0.15, 0.2) is 18.9 Å². The topological polar surface area (TPSA) is 319 Å². The maximum Gasteiger partial charge on any atom is 0.219 e. The zero-order valence-corrected chi connectivity index (χ0v) is 27.4. The molecular formula is C29H51N3O17. The van der Waals surface area contributed by atoms with Crippen LogP contribution in [-0.4, -0.2) is 177 Å². The quantitative estimate of drug-likeness (QED) is 0.0625. The van der Waals surface area contributed by atoms with Gasteiger partial charge in [0.1, 0.15) is 67.1 Å². The van der Waals surface area contributed by atoms with Gasteiger partial charge in [0.05, 0.1) is 25.9 Å². The Labute approximate surface area is 282 Å². The summed E-state index contributed by atoms with van der Waals surface area (Å²) in [6, 6.07) is -1.44. The van der Waals surface area contributed by atoms with Crippen molar-refractivity contribution in [3.8, 4) is 0 Å². The molecule has 20 nitrogen and oxygen atoms in total.